The molecule has 140 valence electrons. The van der Waals surface area contributed by atoms with Gasteiger partial charge in [0.05, 0.1) is 6.21 Å². The zero-order valence-corrected chi connectivity index (χ0v) is 16.5. The summed E-state index contributed by atoms with van der Waals surface area (Å²) in [5, 5.41) is 4.03. The molecule has 4 rings (SSSR count). The molecule has 1 aliphatic rings. The van der Waals surface area contributed by atoms with Gasteiger partial charge in [-0.05, 0) is 65.2 Å². The molecule has 4 nitrogen and oxygen atoms in total. The number of carbonyl (C=O) groups is 1. The van der Waals surface area contributed by atoms with Gasteiger partial charge in [0, 0.05) is 28.8 Å². The van der Waals surface area contributed by atoms with E-state index in [1.54, 1.807) is 24.4 Å². The summed E-state index contributed by atoms with van der Waals surface area (Å²) in [6.07, 6.45) is 1.61. The van der Waals surface area contributed by atoms with E-state index in [1.165, 1.54) is 17.7 Å². The molecule has 1 amide bonds. The highest BCUT2D eigenvalue weighted by Gasteiger charge is 2.20. The number of hydrogen-bond donors (Lipinski definition) is 1. The van der Waals surface area contributed by atoms with Gasteiger partial charge in [-0.2, -0.15) is 5.10 Å². The number of hydrogen-bond acceptors (Lipinski definition) is 3. The van der Waals surface area contributed by atoms with Gasteiger partial charge in [-0.25, -0.2) is 9.82 Å². The molecule has 0 aliphatic carbocycles. The van der Waals surface area contributed by atoms with Crippen LogP contribution in [0, 0.1) is 5.82 Å². The average molecular weight is 438 g/mol. The maximum Gasteiger partial charge on any atom is 0.271 e. The molecular weight excluding hydrogens is 421 g/mol. The maximum atomic E-state index is 13.1. The van der Waals surface area contributed by atoms with Crippen LogP contribution in [0.3, 0.4) is 0 Å². The van der Waals surface area contributed by atoms with Crippen LogP contribution in [0.25, 0.3) is 0 Å². The normalized spacial score (nSPS) is 13.0. The molecule has 0 atom stereocenters. The standard InChI is InChI=1S/C22H17BrFN3O/c23-19-5-1-15(2-6-19)12-25-26-22(28)16-3-4-17-13-27(14-18(17)11-16)21-9-7-20(24)8-10-21/h1-12H,13-14H2,(H,26,28)/b25-12+. The number of benzene rings is 3. The minimum Gasteiger partial charge on any atom is -0.363 e. The highest BCUT2D eigenvalue weighted by Crippen LogP contribution is 2.29. The Kier molecular flexibility index (Phi) is 5.21. The molecule has 28 heavy (non-hydrogen) atoms. The predicted octanol–water partition coefficient (Wildman–Crippen LogP) is 4.87. The minimum absolute atomic E-state index is 0.247. The number of carbonyl (C=O) groups excluding carboxylic acids is 1. The molecule has 0 spiro atoms. The van der Waals surface area contributed by atoms with Crippen LogP contribution in [0.5, 0.6) is 0 Å². The Morgan fingerprint density at radius 3 is 2.46 bits per heavy atom. The van der Waals surface area contributed by atoms with E-state index in [0.29, 0.717) is 12.1 Å². The van der Waals surface area contributed by atoms with Crippen molar-refractivity contribution in [2.75, 3.05) is 4.90 Å². The van der Waals surface area contributed by atoms with Crippen molar-refractivity contribution in [3.63, 3.8) is 0 Å². The second kappa shape index (κ2) is 7.94. The molecule has 0 radical (unpaired) electrons. The van der Waals surface area contributed by atoms with Gasteiger partial charge in [0.1, 0.15) is 5.82 Å². The zero-order chi connectivity index (χ0) is 19.5. The van der Waals surface area contributed by atoms with Gasteiger partial charge < -0.3 is 4.90 Å². The Labute approximate surface area is 170 Å². The lowest BCUT2D eigenvalue weighted by molar-refractivity contribution is 0.0955. The van der Waals surface area contributed by atoms with Gasteiger partial charge in [0.25, 0.3) is 5.91 Å². The molecule has 1 heterocycles. The fourth-order valence-corrected chi connectivity index (χ4v) is 3.41. The molecule has 1 N–H and O–H groups in total. The number of rotatable bonds is 4. The first kappa shape index (κ1) is 18.4. The summed E-state index contributed by atoms with van der Waals surface area (Å²) in [6, 6.07) is 19.7. The van der Waals surface area contributed by atoms with E-state index in [-0.39, 0.29) is 11.7 Å². The van der Waals surface area contributed by atoms with Crippen LogP contribution >= 0.6 is 15.9 Å². The molecule has 3 aromatic rings. The Hall–Kier alpha value is -2.99. The van der Waals surface area contributed by atoms with E-state index < -0.39 is 0 Å². The molecule has 0 saturated heterocycles. The van der Waals surface area contributed by atoms with E-state index in [1.807, 2.05) is 36.4 Å². The van der Waals surface area contributed by atoms with Crippen molar-refractivity contribution in [1.82, 2.24) is 5.43 Å². The van der Waals surface area contributed by atoms with Crippen LogP contribution in [0.15, 0.2) is 76.3 Å². The number of amides is 1. The summed E-state index contributed by atoms with van der Waals surface area (Å²) in [4.78, 5) is 14.5. The molecule has 0 bridgehead atoms. The largest absolute Gasteiger partial charge is 0.363 e. The number of nitrogens with one attached hydrogen (secondary N) is 1. The third-order valence-corrected chi connectivity index (χ3v) is 5.16. The molecule has 6 heteroatoms. The summed E-state index contributed by atoms with van der Waals surface area (Å²) in [5.41, 5.74) is 7.24. The summed E-state index contributed by atoms with van der Waals surface area (Å²) < 4.78 is 14.1. The number of fused-ring (bicyclic) bond motifs is 1. The van der Waals surface area contributed by atoms with Crippen molar-refractivity contribution in [2.24, 2.45) is 5.10 Å². The first-order chi connectivity index (χ1) is 13.6. The van der Waals surface area contributed by atoms with Crippen molar-refractivity contribution in [2.45, 2.75) is 13.1 Å². The second-order valence-electron chi connectivity index (χ2n) is 6.57. The minimum atomic E-state index is -0.253. The van der Waals surface area contributed by atoms with Crippen LogP contribution in [-0.2, 0) is 13.1 Å². The molecule has 0 fully saturated rings. The lowest BCUT2D eigenvalue weighted by atomic mass is 10.1. The number of halogens is 2. The van der Waals surface area contributed by atoms with E-state index in [4.69, 9.17) is 0 Å². The SMILES string of the molecule is O=C(N/N=C/c1ccc(Br)cc1)c1ccc2c(c1)CN(c1ccc(F)cc1)C2. The smallest absolute Gasteiger partial charge is 0.271 e. The van der Waals surface area contributed by atoms with E-state index in [0.717, 1.165) is 27.8 Å². The van der Waals surface area contributed by atoms with Gasteiger partial charge in [-0.15, -0.1) is 0 Å². The fourth-order valence-electron chi connectivity index (χ4n) is 3.15. The second-order valence-corrected chi connectivity index (χ2v) is 7.48. The highest BCUT2D eigenvalue weighted by atomic mass is 79.9. The third-order valence-electron chi connectivity index (χ3n) is 4.63. The van der Waals surface area contributed by atoms with Crippen molar-refractivity contribution >= 4 is 33.7 Å². The first-order valence-corrected chi connectivity index (χ1v) is 9.59. The molecule has 0 aromatic heterocycles. The van der Waals surface area contributed by atoms with Gasteiger partial charge in [-0.1, -0.05) is 34.1 Å². The Morgan fingerprint density at radius 2 is 1.71 bits per heavy atom. The molecule has 1 aliphatic heterocycles. The predicted molar refractivity (Wildman–Crippen MR) is 112 cm³/mol. The van der Waals surface area contributed by atoms with Crippen molar-refractivity contribution in [3.05, 3.63) is 99.3 Å². The van der Waals surface area contributed by atoms with Crippen molar-refractivity contribution < 1.29 is 9.18 Å². The molecule has 3 aromatic carbocycles. The Balaban J connectivity index is 1.42. The van der Waals surface area contributed by atoms with Gasteiger partial charge >= 0.3 is 0 Å². The quantitative estimate of drug-likeness (QED) is 0.467. The van der Waals surface area contributed by atoms with E-state index in [9.17, 15) is 9.18 Å². The van der Waals surface area contributed by atoms with Crippen molar-refractivity contribution in [1.29, 1.82) is 0 Å². The van der Waals surface area contributed by atoms with Crippen LogP contribution in [0.4, 0.5) is 10.1 Å². The Bertz CT molecular complexity index is 1030. The zero-order valence-electron chi connectivity index (χ0n) is 14.9. The highest BCUT2D eigenvalue weighted by molar-refractivity contribution is 9.10. The fraction of sp³-hybridized carbons (Fsp3) is 0.0909. The summed E-state index contributed by atoms with van der Waals surface area (Å²) in [7, 11) is 0. The summed E-state index contributed by atoms with van der Waals surface area (Å²) >= 11 is 3.38. The molecular formula is C22H17BrFN3O. The van der Waals surface area contributed by atoms with Crippen LogP contribution < -0.4 is 10.3 Å². The number of nitrogens with zero attached hydrogens (tertiary/aromatic N) is 2. The number of hydrazone groups is 1. The lowest BCUT2D eigenvalue weighted by Crippen LogP contribution is -2.17. The Morgan fingerprint density at radius 1 is 1.00 bits per heavy atom. The first-order valence-electron chi connectivity index (χ1n) is 8.80. The van der Waals surface area contributed by atoms with Gasteiger partial charge in [0.2, 0.25) is 0 Å². The van der Waals surface area contributed by atoms with Crippen LogP contribution in [0.2, 0.25) is 0 Å². The topological polar surface area (TPSA) is 44.7 Å². The summed E-state index contributed by atoms with van der Waals surface area (Å²) in [6.45, 7) is 1.43. The third kappa shape index (κ3) is 4.12. The average Bonchev–Trinajstić information content (AvgIpc) is 3.13. The van der Waals surface area contributed by atoms with Crippen molar-refractivity contribution in [3.8, 4) is 0 Å². The summed E-state index contributed by atoms with van der Waals surface area (Å²) in [5.74, 6) is -0.500. The van der Waals surface area contributed by atoms with Gasteiger partial charge in [0.15, 0.2) is 0 Å². The monoisotopic (exact) mass is 437 g/mol. The molecule has 0 unspecified atom stereocenters. The molecule has 0 saturated carbocycles. The van der Waals surface area contributed by atoms with Gasteiger partial charge in [-0.3, -0.25) is 4.79 Å². The lowest BCUT2D eigenvalue weighted by Gasteiger charge is -2.17. The van der Waals surface area contributed by atoms with Crippen LogP contribution in [0.1, 0.15) is 27.0 Å². The maximum absolute atomic E-state index is 13.1. The van der Waals surface area contributed by atoms with Crippen LogP contribution in [-0.4, -0.2) is 12.1 Å². The van der Waals surface area contributed by atoms with E-state index >= 15 is 0 Å². The number of anilines is 1. The van der Waals surface area contributed by atoms with E-state index in [2.05, 4.69) is 31.4 Å².